The SMILES string of the molecule is CC(=O)N[C@@H](CCCCNC(c1ccccc1)(c1ccccc1)c1ccc(C)cc1)C(=O)O. The first kappa shape index (κ1) is 24.2. The second-order valence-electron chi connectivity index (χ2n) is 8.36. The fourth-order valence-corrected chi connectivity index (χ4v) is 4.24. The number of carboxylic acid groups (broad SMARTS) is 1. The monoisotopic (exact) mass is 444 g/mol. The van der Waals surface area contributed by atoms with Gasteiger partial charge in [0.05, 0.1) is 5.54 Å². The number of nitrogens with one attached hydrogen (secondary N) is 2. The summed E-state index contributed by atoms with van der Waals surface area (Å²) in [5.74, 6) is -1.33. The van der Waals surface area contributed by atoms with Gasteiger partial charge in [0.2, 0.25) is 5.91 Å². The third-order valence-corrected chi connectivity index (χ3v) is 5.88. The van der Waals surface area contributed by atoms with Gasteiger partial charge in [0.15, 0.2) is 0 Å². The lowest BCUT2D eigenvalue weighted by atomic mass is 9.76. The molecule has 3 rings (SSSR count). The largest absolute Gasteiger partial charge is 0.480 e. The zero-order valence-corrected chi connectivity index (χ0v) is 19.3. The Kier molecular flexibility index (Phi) is 8.39. The molecular weight excluding hydrogens is 412 g/mol. The van der Waals surface area contributed by atoms with Gasteiger partial charge in [-0.2, -0.15) is 0 Å². The highest BCUT2D eigenvalue weighted by atomic mass is 16.4. The topological polar surface area (TPSA) is 78.4 Å². The molecule has 0 fully saturated rings. The summed E-state index contributed by atoms with van der Waals surface area (Å²) in [6.45, 7) is 4.11. The van der Waals surface area contributed by atoms with Gasteiger partial charge in [0.25, 0.3) is 0 Å². The molecule has 5 heteroatoms. The molecular formula is C28H32N2O3. The van der Waals surface area contributed by atoms with Crippen molar-refractivity contribution >= 4 is 11.9 Å². The maximum Gasteiger partial charge on any atom is 0.326 e. The number of carbonyl (C=O) groups is 2. The number of aliphatic carboxylic acids is 1. The minimum Gasteiger partial charge on any atom is -0.480 e. The van der Waals surface area contributed by atoms with Crippen LogP contribution in [0.2, 0.25) is 0 Å². The minimum atomic E-state index is -0.999. The third kappa shape index (κ3) is 6.08. The Balaban J connectivity index is 1.87. The number of unbranched alkanes of at least 4 members (excludes halogenated alkanes) is 1. The summed E-state index contributed by atoms with van der Waals surface area (Å²) in [5, 5.41) is 15.7. The van der Waals surface area contributed by atoms with Crippen LogP contribution >= 0.6 is 0 Å². The van der Waals surface area contributed by atoms with Crippen LogP contribution in [0, 0.1) is 6.92 Å². The molecule has 172 valence electrons. The van der Waals surface area contributed by atoms with Gasteiger partial charge in [-0.25, -0.2) is 4.79 Å². The molecule has 0 bridgehead atoms. The van der Waals surface area contributed by atoms with Gasteiger partial charge in [-0.15, -0.1) is 0 Å². The summed E-state index contributed by atoms with van der Waals surface area (Å²) >= 11 is 0. The zero-order valence-electron chi connectivity index (χ0n) is 19.3. The number of amides is 1. The third-order valence-electron chi connectivity index (χ3n) is 5.88. The molecule has 0 aromatic heterocycles. The second-order valence-corrected chi connectivity index (χ2v) is 8.36. The van der Waals surface area contributed by atoms with Gasteiger partial charge in [-0.1, -0.05) is 90.5 Å². The van der Waals surface area contributed by atoms with Crippen LogP contribution in [-0.2, 0) is 15.1 Å². The first-order valence-corrected chi connectivity index (χ1v) is 11.4. The average molecular weight is 445 g/mol. The van der Waals surface area contributed by atoms with Crippen molar-refractivity contribution < 1.29 is 14.7 Å². The summed E-state index contributed by atoms with van der Waals surface area (Å²) in [6.07, 6.45) is 1.85. The maximum absolute atomic E-state index is 11.4. The summed E-state index contributed by atoms with van der Waals surface area (Å²) < 4.78 is 0. The maximum atomic E-state index is 11.4. The van der Waals surface area contributed by atoms with Crippen molar-refractivity contribution in [1.29, 1.82) is 0 Å². The van der Waals surface area contributed by atoms with Gasteiger partial charge in [-0.05, 0) is 49.4 Å². The molecule has 0 heterocycles. The Morgan fingerprint density at radius 2 is 1.33 bits per heavy atom. The highest BCUT2D eigenvalue weighted by Crippen LogP contribution is 2.37. The number of hydrogen-bond acceptors (Lipinski definition) is 3. The molecule has 0 unspecified atom stereocenters. The van der Waals surface area contributed by atoms with Gasteiger partial charge >= 0.3 is 5.97 Å². The van der Waals surface area contributed by atoms with E-state index in [-0.39, 0.29) is 5.91 Å². The number of hydrogen-bond donors (Lipinski definition) is 3. The molecule has 0 aliphatic heterocycles. The van der Waals surface area contributed by atoms with E-state index in [0.29, 0.717) is 19.4 Å². The predicted molar refractivity (Wildman–Crippen MR) is 131 cm³/mol. The number of aryl methyl sites for hydroxylation is 1. The smallest absolute Gasteiger partial charge is 0.326 e. The van der Waals surface area contributed by atoms with Crippen LogP contribution in [0.25, 0.3) is 0 Å². The lowest BCUT2D eigenvalue weighted by Crippen LogP contribution is -2.45. The van der Waals surface area contributed by atoms with E-state index in [1.54, 1.807) is 0 Å². The first-order valence-electron chi connectivity index (χ1n) is 11.4. The second kappa shape index (κ2) is 11.4. The first-order chi connectivity index (χ1) is 15.9. The van der Waals surface area contributed by atoms with E-state index in [1.165, 1.54) is 12.5 Å². The summed E-state index contributed by atoms with van der Waals surface area (Å²) in [7, 11) is 0. The van der Waals surface area contributed by atoms with Crippen molar-refractivity contribution in [2.45, 2.75) is 44.7 Å². The van der Waals surface area contributed by atoms with Crippen molar-refractivity contribution in [1.82, 2.24) is 10.6 Å². The molecule has 0 saturated carbocycles. The van der Waals surface area contributed by atoms with Gasteiger partial charge in [0, 0.05) is 6.92 Å². The van der Waals surface area contributed by atoms with E-state index in [0.717, 1.165) is 23.1 Å². The van der Waals surface area contributed by atoms with Gasteiger partial charge in [-0.3, -0.25) is 10.1 Å². The van der Waals surface area contributed by atoms with E-state index in [9.17, 15) is 14.7 Å². The standard InChI is InChI=1S/C28H32N2O3/c1-21-16-18-25(19-17-21)28(23-11-5-3-6-12-23,24-13-7-4-8-14-24)29-20-10-9-15-26(27(32)33)30-22(2)31/h3-8,11-14,16-19,26,29H,9-10,15,20H2,1-2H3,(H,30,31)(H,32,33)/t26-/m0/s1. The van der Waals surface area contributed by atoms with Crippen LogP contribution in [0.3, 0.4) is 0 Å². The molecule has 0 saturated heterocycles. The van der Waals surface area contributed by atoms with Crippen LogP contribution in [0.1, 0.15) is 48.4 Å². The zero-order chi connectivity index (χ0) is 23.7. The lowest BCUT2D eigenvalue weighted by molar-refractivity contribution is -0.141. The predicted octanol–water partition coefficient (Wildman–Crippen LogP) is 4.64. The van der Waals surface area contributed by atoms with E-state index in [2.05, 4.69) is 66.1 Å². The molecule has 3 aromatic rings. The average Bonchev–Trinajstić information content (AvgIpc) is 2.82. The highest BCUT2D eigenvalue weighted by molar-refractivity contribution is 5.81. The van der Waals surface area contributed by atoms with Crippen molar-refractivity contribution in [2.24, 2.45) is 0 Å². The number of benzene rings is 3. The Morgan fingerprint density at radius 3 is 1.82 bits per heavy atom. The van der Waals surface area contributed by atoms with Gasteiger partial charge < -0.3 is 10.4 Å². The molecule has 1 amide bonds. The Labute approximate surface area is 195 Å². The summed E-state index contributed by atoms with van der Waals surface area (Å²) in [5.41, 5.74) is 4.09. The Hall–Kier alpha value is -3.44. The van der Waals surface area contributed by atoms with E-state index >= 15 is 0 Å². The summed E-state index contributed by atoms with van der Waals surface area (Å²) in [4.78, 5) is 22.7. The normalized spacial score (nSPS) is 12.2. The highest BCUT2D eigenvalue weighted by Gasteiger charge is 2.35. The minimum absolute atomic E-state index is 0.327. The van der Waals surface area contributed by atoms with Crippen LogP contribution in [0.15, 0.2) is 84.9 Å². The van der Waals surface area contributed by atoms with Crippen molar-refractivity contribution in [3.8, 4) is 0 Å². The molecule has 3 aromatic carbocycles. The number of rotatable bonds is 11. The van der Waals surface area contributed by atoms with Crippen LogP contribution in [0.4, 0.5) is 0 Å². The van der Waals surface area contributed by atoms with E-state index in [4.69, 9.17) is 0 Å². The van der Waals surface area contributed by atoms with Crippen molar-refractivity contribution in [3.05, 3.63) is 107 Å². The van der Waals surface area contributed by atoms with Crippen LogP contribution in [-0.4, -0.2) is 29.6 Å². The Morgan fingerprint density at radius 1 is 0.818 bits per heavy atom. The van der Waals surface area contributed by atoms with Gasteiger partial charge in [0.1, 0.15) is 6.04 Å². The van der Waals surface area contributed by atoms with Crippen molar-refractivity contribution in [2.75, 3.05) is 6.54 Å². The molecule has 1 atom stereocenters. The van der Waals surface area contributed by atoms with E-state index in [1.807, 2.05) is 36.4 Å². The molecule has 0 radical (unpaired) electrons. The molecule has 0 spiro atoms. The Bertz CT molecular complexity index is 994. The molecule has 33 heavy (non-hydrogen) atoms. The molecule has 3 N–H and O–H groups in total. The molecule has 0 aliphatic carbocycles. The van der Waals surface area contributed by atoms with Crippen LogP contribution < -0.4 is 10.6 Å². The summed E-state index contributed by atoms with van der Waals surface area (Å²) in [6, 6.07) is 28.5. The molecule has 5 nitrogen and oxygen atoms in total. The number of carboxylic acids is 1. The van der Waals surface area contributed by atoms with Crippen molar-refractivity contribution in [3.63, 3.8) is 0 Å². The number of carbonyl (C=O) groups excluding carboxylic acids is 1. The fourth-order valence-electron chi connectivity index (χ4n) is 4.24. The fraction of sp³-hybridized carbons (Fsp3) is 0.286. The lowest BCUT2D eigenvalue weighted by Gasteiger charge is -2.37. The van der Waals surface area contributed by atoms with E-state index < -0.39 is 17.6 Å². The quantitative estimate of drug-likeness (QED) is 0.297. The van der Waals surface area contributed by atoms with Crippen LogP contribution in [0.5, 0.6) is 0 Å². The molecule has 0 aliphatic rings.